The molecule has 0 aliphatic carbocycles. The van der Waals surface area contributed by atoms with Gasteiger partial charge in [0.15, 0.2) is 10.9 Å². The van der Waals surface area contributed by atoms with Crippen LogP contribution in [-0.4, -0.2) is 22.7 Å². The zero-order valence-corrected chi connectivity index (χ0v) is 18.6. The first-order valence-electron chi connectivity index (χ1n) is 9.22. The number of nitrogens with zero attached hydrogens (tertiary/aromatic N) is 1. The highest BCUT2D eigenvalue weighted by Gasteiger charge is 2.34. The molecule has 1 aromatic heterocycles. The van der Waals surface area contributed by atoms with Gasteiger partial charge in [-0.05, 0) is 61.6 Å². The lowest BCUT2D eigenvalue weighted by molar-refractivity contribution is -0.122. The zero-order valence-electron chi connectivity index (χ0n) is 16.2. The van der Waals surface area contributed by atoms with E-state index in [1.165, 1.54) is 17.9 Å². The Labute approximate surface area is 191 Å². The predicted octanol–water partition coefficient (Wildman–Crippen LogP) is 4.74. The van der Waals surface area contributed by atoms with Crippen molar-refractivity contribution in [3.63, 3.8) is 0 Å². The second-order valence-corrected chi connectivity index (χ2v) is 8.07. The first-order valence-corrected chi connectivity index (χ1v) is 10.4. The Balaban J connectivity index is 1.63. The van der Waals surface area contributed by atoms with Crippen LogP contribution in [0.25, 0.3) is 17.4 Å². The first-order chi connectivity index (χ1) is 14.8. The molecule has 6 nitrogen and oxygen atoms in total. The lowest BCUT2D eigenvalue weighted by Crippen LogP contribution is -2.54. The molecule has 0 bridgehead atoms. The van der Waals surface area contributed by atoms with Crippen LogP contribution in [0.4, 0.5) is 5.69 Å². The minimum absolute atomic E-state index is 0.0140. The maximum Gasteiger partial charge on any atom is 0.270 e. The Hall–Kier alpha value is -3.36. The molecule has 0 spiro atoms. The number of halogens is 1. The number of carbonyl (C=O) groups excluding carboxylic acids is 3. The van der Waals surface area contributed by atoms with Crippen LogP contribution in [-0.2, 0) is 9.59 Å². The maximum absolute atomic E-state index is 13.0. The molecule has 1 N–H and O–H groups in total. The summed E-state index contributed by atoms with van der Waals surface area (Å²) < 4.78 is 6.65. The van der Waals surface area contributed by atoms with Crippen LogP contribution in [0.1, 0.15) is 23.0 Å². The monoisotopic (exact) mass is 494 g/mol. The second-order valence-electron chi connectivity index (χ2n) is 6.77. The molecule has 154 valence electrons. The summed E-state index contributed by atoms with van der Waals surface area (Å²) >= 11 is 8.55. The molecule has 0 radical (unpaired) electrons. The van der Waals surface area contributed by atoms with Gasteiger partial charge in [0, 0.05) is 15.6 Å². The molecule has 1 aliphatic rings. The highest BCUT2D eigenvalue weighted by molar-refractivity contribution is 9.10. The van der Waals surface area contributed by atoms with Gasteiger partial charge in [0.05, 0.1) is 5.69 Å². The van der Waals surface area contributed by atoms with Crippen molar-refractivity contribution in [1.82, 2.24) is 5.32 Å². The number of benzene rings is 2. The van der Waals surface area contributed by atoms with Gasteiger partial charge in [-0.2, -0.15) is 0 Å². The Morgan fingerprint density at radius 2 is 1.71 bits per heavy atom. The lowest BCUT2D eigenvalue weighted by atomic mass is 10.1. The molecular formula is C23H15BrN2O4S. The number of furan rings is 1. The molecule has 0 atom stereocenters. The molecule has 0 saturated carbocycles. The van der Waals surface area contributed by atoms with E-state index in [-0.39, 0.29) is 16.5 Å². The summed E-state index contributed by atoms with van der Waals surface area (Å²) in [5.41, 5.74) is 1.82. The third-order valence-electron chi connectivity index (χ3n) is 4.68. The summed E-state index contributed by atoms with van der Waals surface area (Å²) in [7, 11) is 0. The van der Waals surface area contributed by atoms with Gasteiger partial charge in [-0.25, -0.2) is 0 Å². The van der Waals surface area contributed by atoms with E-state index in [1.54, 1.807) is 60.7 Å². The summed E-state index contributed by atoms with van der Waals surface area (Å²) in [5, 5.41) is 2.56. The van der Waals surface area contributed by atoms with Gasteiger partial charge >= 0.3 is 0 Å². The first kappa shape index (κ1) is 20.9. The molecule has 2 aromatic carbocycles. The molecule has 0 unspecified atom stereocenters. The average molecular weight is 495 g/mol. The highest BCUT2D eigenvalue weighted by Crippen LogP contribution is 2.27. The number of thiocarbonyl (C=S) groups is 1. The molecule has 8 heteroatoms. The van der Waals surface area contributed by atoms with Gasteiger partial charge < -0.3 is 4.42 Å². The molecule has 4 rings (SSSR count). The summed E-state index contributed by atoms with van der Waals surface area (Å²) in [6, 6.07) is 17.4. The molecule has 2 amide bonds. The SMILES string of the molecule is CC(=O)c1ccc(-c2ccc(/C=C3/C(=O)NC(=S)N(c4ccc(Br)cc4)C3=O)o2)cc1. The smallest absolute Gasteiger partial charge is 0.270 e. The van der Waals surface area contributed by atoms with Gasteiger partial charge in [-0.3, -0.25) is 24.6 Å². The zero-order chi connectivity index (χ0) is 22.1. The van der Waals surface area contributed by atoms with Crippen molar-refractivity contribution >= 4 is 62.6 Å². The predicted molar refractivity (Wildman–Crippen MR) is 124 cm³/mol. The number of hydrogen-bond acceptors (Lipinski definition) is 5. The second kappa shape index (κ2) is 8.41. The average Bonchev–Trinajstić information content (AvgIpc) is 3.21. The topological polar surface area (TPSA) is 79.6 Å². The van der Waals surface area contributed by atoms with Crippen molar-refractivity contribution in [2.75, 3.05) is 4.90 Å². The van der Waals surface area contributed by atoms with Crippen LogP contribution in [0, 0.1) is 0 Å². The van der Waals surface area contributed by atoms with Crippen LogP contribution in [0.15, 0.2) is 75.1 Å². The van der Waals surface area contributed by atoms with E-state index in [1.807, 2.05) is 0 Å². The Morgan fingerprint density at radius 1 is 1.03 bits per heavy atom. The third kappa shape index (κ3) is 4.26. The summed E-state index contributed by atoms with van der Waals surface area (Å²) in [5.74, 6) is -0.267. The van der Waals surface area contributed by atoms with Crippen LogP contribution < -0.4 is 10.2 Å². The molecule has 1 saturated heterocycles. The fraction of sp³-hybridized carbons (Fsp3) is 0.0435. The molecule has 2 heterocycles. The van der Waals surface area contributed by atoms with Crippen molar-refractivity contribution < 1.29 is 18.8 Å². The minimum atomic E-state index is -0.591. The third-order valence-corrected chi connectivity index (χ3v) is 5.49. The van der Waals surface area contributed by atoms with E-state index in [0.29, 0.717) is 22.8 Å². The van der Waals surface area contributed by atoms with Gasteiger partial charge in [0.2, 0.25) is 0 Å². The van der Waals surface area contributed by atoms with E-state index in [2.05, 4.69) is 21.2 Å². The Bertz CT molecular complexity index is 1240. The standard InChI is InChI=1S/C23H15BrN2O4S/c1-13(27)14-2-4-15(5-3-14)20-11-10-18(30-20)12-19-21(28)25-23(31)26(22(19)29)17-8-6-16(24)7-9-17/h2-12H,1H3,(H,25,28,31)/b19-12-. The van der Waals surface area contributed by atoms with Crippen molar-refractivity contribution in [3.8, 4) is 11.3 Å². The van der Waals surface area contributed by atoms with E-state index >= 15 is 0 Å². The maximum atomic E-state index is 13.0. The number of rotatable bonds is 4. The fourth-order valence-corrected chi connectivity index (χ4v) is 3.62. The van der Waals surface area contributed by atoms with Gasteiger partial charge in [-0.15, -0.1) is 0 Å². The van der Waals surface area contributed by atoms with E-state index in [0.717, 1.165) is 10.0 Å². The Kier molecular flexibility index (Phi) is 5.67. The largest absolute Gasteiger partial charge is 0.457 e. The normalized spacial score (nSPS) is 15.4. The number of nitrogens with one attached hydrogen (secondary N) is 1. The summed E-state index contributed by atoms with van der Waals surface area (Å²) in [6.45, 7) is 1.50. The number of ketones is 1. The van der Waals surface area contributed by atoms with E-state index in [4.69, 9.17) is 16.6 Å². The Morgan fingerprint density at radius 3 is 2.35 bits per heavy atom. The molecular weight excluding hydrogens is 480 g/mol. The highest BCUT2D eigenvalue weighted by atomic mass is 79.9. The van der Waals surface area contributed by atoms with Crippen molar-refractivity contribution in [1.29, 1.82) is 0 Å². The van der Waals surface area contributed by atoms with Crippen LogP contribution >= 0.6 is 28.1 Å². The molecule has 1 fully saturated rings. The quantitative estimate of drug-likeness (QED) is 0.245. The number of amides is 2. The minimum Gasteiger partial charge on any atom is -0.457 e. The van der Waals surface area contributed by atoms with Crippen LogP contribution in [0.3, 0.4) is 0 Å². The lowest BCUT2D eigenvalue weighted by Gasteiger charge is -2.28. The number of carbonyl (C=O) groups is 3. The van der Waals surface area contributed by atoms with Crippen molar-refractivity contribution in [2.24, 2.45) is 0 Å². The number of Topliss-reactive ketones (excluding diaryl/α,β-unsaturated/α-hetero) is 1. The molecule has 31 heavy (non-hydrogen) atoms. The van der Waals surface area contributed by atoms with Gasteiger partial charge in [0.25, 0.3) is 11.8 Å². The van der Waals surface area contributed by atoms with Crippen molar-refractivity contribution in [3.05, 3.63) is 82.0 Å². The number of hydrogen-bond donors (Lipinski definition) is 1. The van der Waals surface area contributed by atoms with Crippen LogP contribution in [0.2, 0.25) is 0 Å². The molecule has 1 aliphatic heterocycles. The summed E-state index contributed by atoms with van der Waals surface area (Å²) in [4.78, 5) is 38.2. The number of anilines is 1. The molecule has 3 aromatic rings. The van der Waals surface area contributed by atoms with E-state index in [9.17, 15) is 14.4 Å². The fourth-order valence-electron chi connectivity index (χ4n) is 3.08. The summed E-state index contributed by atoms with van der Waals surface area (Å²) in [6.07, 6.45) is 1.39. The van der Waals surface area contributed by atoms with Crippen LogP contribution in [0.5, 0.6) is 0 Å². The van der Waals surface area contributed by atoms with Crippen molar-refractivity contribution in [2.45, 2.75) is 6.92 Å². The van der Waals surface area contributed by atoms with E-state index < -0.39 is 11.8 Å². The van der Waals surface area contributed by atoms with Gasteiger partial charge in [0.1, 0.15) is 17.1 Å². The van der Waals surface area contributed by atoms with Gasteiger partial charge in [-0.1, -0.05) is 40.2 Å².